The van der Waals surface area contributed by atoms with Crippen LogP contribution in [0.2, 0.25) is 0 Å². The maximum atomic E-state index is 12.5. The minimum absolute atomic E-state index is 0.0248. The molecule has 0 spiro atoms. The van der Waals surface area contributed by atoms with Crippen molar-refractivity contribution in [1.29, 1.82) is 0 Å². The van der Waals surface area contributed by atoms with E-state index in [0.717, 1.165) is 83.5 Å². The second-order valence-corrected chi connectivity index (χ2v) is 14.0. The second-order valence-electron chi connectivity index (χ2n) is 12.5. The second kappa shape index (κ2) is 29.1. The van der Waals surface area contributed by atoms with Gasteiger partial charge in [-0.25, -0.2) is 4.57 Å². The van der Waals surface area contributed by atoms with Crippen molar-refractivity contribution in [2.45, 2.75) is 123 Å². The van der Waals surface area contributed by atoms with Gasteiger partial charge in [0.1, 0.15) is 19.8 Å². The number of quaternary nitrogens is 1. The van der Waals surface area contributed by atoms with Crippen LogP contribution in [0.25, 0.3) is 0 Å². The molecule has 2 atom stereocenters. The van der Waals surface area contributed by atoms with Crippen LogP contribution in [0.4, 0.5) is 0 Å². The van der Waals surface area contributed by atoms with E-state index in [1.807, 2.05) is 21.1 Å². The number of hydrogen-bond acceptors (Lipinski definition) is 7. The number of phosphoric acid groups is 1. The first-order valence-electron chi connectivity index (χ1n) is 17.4. The lowest BCUT2D eigenvalue weighted by Gasteiger charge is -2.24. The van der Waals surface area contributed by atoms with Gasteiger partial charge in [0.15, 0.2) is 6.10 Å². The lowest BCUT2D eigenvalue weighted by atomic mass is 10.1. The van der Waals surface area contributed by atoms with Crippen LogP contribution in [0.3, 0.4) is 0 Å². The summed E-state index contributed by atoms with van der Waals surface area (Å²) in [7, 11) is 1.45. The van der Waals surface area contributed by atoms with Gasteiger partial charge < -0.3 is 18.9 Å². The summed E-state index contributed by atoms with van der Waals surface area (Å²) in [6.45, 7) is 4.14. The molecule has 1 N–H and O–H groups in total. The highest BCUT2D eigenvalue weighted by atomic mass is 31.2. The van der Waals surface area contributed by atoms with Gasteiger partial charge in [-0.15, -0.1) is 0 Å². The Labute approximate surface area is 280 Å². The summed E-state index contributed by atoms with van der Waals surface area (Å²) in [6, 6.07) is 0. The van der Waals surface area contributed by atoms with Crippen LogP contribution in [-0.2, 0) is 32.7 Å². The summed E-state index contributed by atoms with van der Waals surface area (Å²) in [5.41, 5.74) is 0. The zero-order valence-corrected chi connectivity index (χ0v) is 30.4. The van der Waals surface area contributed by atoms with Crippen molar-refractivity contribution >= 4 is 19.8 Å². The normalized spacial score (nSPS) is 14.5. The fourth-order valence-corrected chi connectivity index (χ4v) is 4.86. The smallest absolute Gasteiger partial charge is 0.462 e. The number of carbonyl (C=O) groups excluding carboxylic acids is 2. The molecule has 0 fully saturated rings. The minimum Gasteiger partial charge on any atom is -0.462 e. The lowest BCUT2D eigenvalue weighted by Crippen LogP contribution is -2.37. The monoisotopic (exact) mass is 670 g/mol. The molecular weight excluding hydrogens is 605 g/mol. The molecule has 0 aliphatic rings. The van der Waals surface area contributed by atoms with Gasteiger partial charge in [0.25, 0.3) is 0 Å². The summed E-state index contributed by atoms with van der Waals surface area (Å²) < 4.78 is 33.9. The molecule has 266 valence electrons. The van der Waals surface area contributed by atoms with Crippen LogP contribution in [0.15, 0.2) is 48.6 Å². The average molecular weight is 671 g/mol. The maximum absolute atomic E-state index is 12.5. The molecule has 0 bridgehead atoms. The molecule has 2 unspecified atom stereocenters. The fraction of sp³-hybridized carbons (Fsp3) is 0.722. The van der Waals surface area contributed by atoms with Gasteiger partial charge in [-0.2, -0.15) is 0 Å². The number of nitrogens with zero attached hydrogens (tertiary/aromatic N) is 1. The van der Waals surface area contributed by atoms with Gasteiger partial charge >= 0.3 is 19.8 Å². The van der Waals surface area contributed by atoms with E-state index in [-0.39, 0.29) is 26.1 Å². The van der Waals surface area contributed by atoms with Crippen molar-refractivity contribution in [3.05, 3.63) is 48.6 Å². The molecule has 0 saturated carbocycles. The molecule has 0 amide bonds. The number of ether oxygens (including phenoxy) is 2. The van der Waals surface area contributed by atoms with E-state index in [4.69, 9.17) is 18.5 Å². The molecule has 0 aliphatic carbocycles. The highest BCUT2D eigenvalue weighted by Gasteiger charge is 2.27. The molecule has 0 aromatic carbocycles. The van der Waals surface area contributed by atoms with Crippen molar-refractivity contribution in [1.82, 2.24) is 0 Å². The summed E-state index contributed by atoms with van der Waals surface area (Å²) >= 11 is 0. The number of esters is 2. The standard InChI is InChI=1S/C36H64NO8P/c1-6-8-10-12-13-14-15-16-17-18-19-20-21-22-23-25-27-29-36(39)45-34(32-42-35(38)28-26-24-11-9-7-2)33-44-46(40,41)43-31-30-37(3,4)5/h8,10,13-14,16-17,19-20,34H,6-7,9,11-12,15,18,21-33H2,1-5H3/p+1/b10-8-,14-13-,17-16-,20-19-. The van der Waals surface area contributed by atoms with Crippen LogP contribution in [-0.4, -0.2) is 74.9 Å². The van der Waals surface area contributed by atoms with E-state index in [1.165, 1.54) is 0 Å². The van der Waals surface area contributed by atoms with Crippen LogP contribution in [0.5, 0.6) is 0 Å². The molecule has 0 aromatic heterocycles. The topological polar surface area (TPSA) is 108 Å². The molecule has 0 heterocycles. The largest absolute Gasteiger partial charge is 0.472 e. The van der Waals surface area contributed by atoms with Gasteiger partial charge in [-0.1, -0.05) is 101 Å². The summed E-state index contributed by atoms with van der Waals surface area (Å²) in [4.78, 5) is 34.8. The molecule has 0 aliphatic heterocycles. The summed E-state index contributed by atoms with van der Waals surface area (Å²) in [5, 5.41) is 0. The molecule has 10 heteroatoms. The zero-order chi connectivity index (χ0) is 34.4. The van der Waals surface area contributed by atoms with Crippen LogP contribution >= 0.6 is 7.82 Å². The Balaban J connectivity index is 4.43. The van der Waals surface area contributed by atoms with Crippen LogP contribution < -0.4 is 0 Å². The van der Waals surface area contributed by atoms with E-state index in [2.05, 4.69) is 62.5 Å². The molecular formula is C36H65NO8P+. The average Bonchev–Trinajstić information content (AvgIpc) is 2.99. The third-order valence-corrected chi connectivity index (χ3v) is 7.86. The van der Waals surface area contributed by atoms with Gasteiger partial charge in [0, 0.05) is 12.8 Å². The predicted molar refractivity (Wildman–Crippen MR) is 187 cm³/mol. The van der Waals surface area contributed by atoms with Crippen molar-refractivity contribution in [3.63, 3.8) is 0 Å². The number of rotatable bonds is 30. The van der Waals surface area contributed by atoms with Crippen molar-refractivity contribution in [2.75, 3.05) is 47.5 Å². The van der Waals surface area contributed by atoms with Crippen LogP contribution in [0, 0.1) is 0 Å². The van der Waals surface area contributed by atoms with Crippen LogP contribution in [0.1, 0.15) is 117 Å². The summed E-state index contributed by atoms with van der Waals surface area (Å²) in [6.07, 6.45) is 30.6. The number of unbranched alkanes of at least 4 members (excludes halogenated alkanes) is 8. The Morgan fingerprint density at radius 2 is 1.24 bits per heavy atom. The van der Waals surface area contributed by atoms with E-state index in [9.17, 15) is 19.0 Å². The molecule has 0 rings (SSSR count). The Morgan fingerprint density at radius 3 is 1.83 bits per heavy atom. The van der Waals surface area contributed by atoms with Gasteiger partial charge in [-0.3, -0.25) is 18.6 Å². The Morgan fingerprint density at radius 1 is 0.696 bits per heavy atom. The van der Waals surface area contributed by atoms with Crippen molar-refractivity contribution < 1.29 is 42.1 Å². The Bertz CT molecular complexity index is 939. The number of hydrogen-bond donors (Lipinski definition) is 1. The SMILES string of the molecule is CC/C=C\C/C=C\C/C=C\C/C=C\CCCCCCC(=O)OC(COC(=O)CCCCCCC)COP(=O)(O)OCC[N+](C)(C)C. The molecule has 9 nitrogen and oxygen atoms in total. The number of phosphoric ester groups is 1. The van der Waals surface area contributed by atoms with Crippen molar-refractivity contribution in [2.24, 2.45) is 0 Å². The van der Waals surface area contributed by atoms with Gasteiger partial charge in [0.05, 0.1) is 27.7 Å². The highest BCUT2D eigenvalue weighted by Crippen LogP contribution is 2.43. The first-order valence-corrected chi connectivity index (χ1v) is 18.9. The molecule has 0 saturated heterocycles. The minimum atomic E-state index is -4.36. The first-order chi connectivity index (χ1) is 22.0. The Hall–Kier alpha value is -2.03. The third kappa shape index (κ3) is 31.9. The molecule has 46 heavy (non-hydrogen) atoms. The number of carbonyl (C=O) groups is 2. The quantitative estimate of drug-likeness (QED) is 0.0266. The van der Waals surface area contributed by atoms with E-state index < -0.39 is 32.5 Å². The Kier molecular flexibility index (Phi) is 27.8. The highest BCUT2D eigenvalue weighted by molar-refractivity contribution is 7.47. The third-order valence-electron chi connectivity index (χ3n) is 6.87. The molecule has 0 aromatic rings. The number of allylic oxidation sites excluding steroid dienone is 8. The maximum Gasteiger partial charge on any atom is 0.472 e. The van der Waals surface area contributed by atoms with Gasteiger partial charge in [-0.05, 0) is 51.4 Å². The predicted octanol–water partition coefficient (Wildman–Crippen LogP) is 8.79. The van der Waals surface area contributed by atoms with E-state index >= 15 is 0 Å². The first kappa shape index (κ1) is 44.0. The number of likely N-dealkylation sites (N-methyl/N-ethyl adjacent to an activating group) is 1. The zero-order valence-electron chi connectivity index (χ0n) is 29.5. The van der Waals surface area contributed by atoms with E-state index in [0.29, 0.717) is 17.4 Å². The van der Waals surface area contributed by atoms with Crippen molar-refractivity contribution in [3.8, 4) is 0 Å². The molecule has 0 radical (unpaired) electrons. The summed E-state index contributed by atoms with van der Waals surface area (Å²) in [5.74, 6) is -0.848. The lowest BCUT2D eigenvalue weighted by molar-refractivity contribution is -0.870. The fourth-order valence-electron chi connectivity index (χ4n) is 4.12. The van der Waals surface area contributed by atoms with E-state index in [1.54, 1.807) is 0 Å². The van der Waals surface area contributed by atoms with Gasteiger partial charge in [0.2, 0.25) is 0 Å².